The number of furan rings is 1. The van der Waals surface area contributed by atoms with Crippen molar-refractivity contribution in [2.24, 2.45) is 0 Å². The normalized spacial score (nSPS) is 10.3. The summed E-state index contributed by atoms with van der Waals surface area (Å²) in [6.45, 7) is 2.75. The molecule has 2 aromatic rings. The van der Waals surface area contributed by atoms with Gasteiger partial charge < -0.3 is 14.6 Å². The molecule has 116 valence electrons. The van der Waals surface area contributed by atoms with E-state index in [0.717, 1.165) is 5.56 Å². The average molecular weight is 321 g/mol. The first-order valence-electron chi connectivity index (χ1n) is 6.88. The molecule has 1 heterocycles. The molecule has 6 heteroatoms. The SMILES string of the molecule is CC(=O)N(CCNC(=O)c1ccco1)Cc1ccc(Cl)cc1. The van der Waals surface area contributed by atoms with Crippen molar-refractivity contribution in [2.45, 2.75) is 13.5 Å². The van der Waals surface area contributed by atoms with Gasteiger partial charge in [0.05, 0.1) is 6.26 Å². The van der Waals surface area contributed by atoms with Crippen LogP contribution in [0.2, 0.25) is 5.02 Å². The number of benzene rings is 1. The van der Waals surface area contributed by atoms with E-state index in [2.05, 4.69) is 5.32 Å². The summed E-state index contributed by atoms with van der Waals surface area (Å²) < 4.78 is 5.00. The number of rotatable bonds is 6. The second-order valence-corrected chi connectivity index (χ2v) is 5.24. The van der Waals surface area contributed by atoms with E-state index in [4.69, 9.17) is 16.0 Å². The minimum absolute atomic E-state index is 0.0535. The maximum atomic E-state index is 11.7. The summed E-state index contributed by atoms with van der Waals surface area (Å²) >= 11 is 5.84. The number of carbonyl (C=O) groups is 2. The first-order chi connectivity index (χ1) is 10.6. The fraction of sp³-hybridized carbons (Fsp3) is 0.250. The minimum Gasteiger partial charge on any atom is -0.459 e. The average Bonchev–Trinajstić information content (AvgIpc) is 3.02. The van der Waals surface area contributed by atoms with Gasteiger partial charge in [-0.15, -0.1) is 0 Å². The number of carbonyl (C=O) groups excluding carboxylic acids is 2. The Labute approximate surface area is 133 Å². The molecule has 1 aromatic carbocycles. The number of halogens is 1. The summed E-state index contributed by atoms with van der Waals surface area (Å²) in [4.78, 5) is 25.1. The summed E-state index contributed by atoms with van der Waals surface area (Å²) in [5.74, 6) is -0.0886. The monoisotopic (exact) mass is 320 g/mol. The van der Waals surface area contributed by atoms with Crippen molar-refractivity contribution in [1.29, 1.82) is 0 Å². The highest BCUT2D eigenvalue weighted by atomic mass is 35.5. The highest BCUT2D eigenvalue weighted by Gasteiger charge is 2.12. The molecule has 22 heavy (non-hydrogen) atoms. The number of amides is 2. The Hall–Kier alpha value is -2.27. The third-order valence-electron chi connectivity index (χ3n) is 3.14. The van der Waals surface area contributed by atoms with Gasteiger partial charge in [-0.3, -0.25) is 9.59 Å². The molecule has 2 amide bonds. The largest absolute Gasteiger partial charge is 0.459 e. The molecule has 0 unspecified atom stereocenters. The molecule has 0 atom stereocenters. The Morgan fingerprint density at radius 3 is 2.55 bits per heavy atom. The van der Waals surface area contributed by atoms with Crippen molar-refractivity contribution in [3.05, 3.63) is 59.0 Å². The van der Waals surface area contributed by atoms with Gasteiger partial charge in [-0.25, -0.2) is 0 Å². The van der Waals surface area contributed by atoms with Crippen molar-refractivity contribution < 1.29 is 14.0 Å². The number of hydrogen-bond acceptors (Lipinski definition) is 3. The fourth-order valence-electron chi connectivity index (χ4n) is 1.96. The van der Waals surface area contributed by atoms with Crippen LogP contribution < -0.4 is 5.32 Å². The lowest BCUT2D eigenvalue weighted by atomic mass is 10.2. The maximum Gasteiger partial charge on any atom is 0.287 e. The molecule has 0 fully saturated rings. The van der Waals surface area contributed by atoms with Crippen molar-refractivity contribution in [3.63, 3.8) is 0 Å². The third-order valence-corrected chi connectivity index (χ3v) is 3.40. The van der Waals surface area contributed by atoms with Crippen LogP contribution in [0, 0.1) is 0 Å². The Morgan fingerprint density at radius 1 is 1.23 bits per heavy atom. The van der Waals surface area contributed by atoms with Gasteiger partial charge >= 0.3 is 0 Å². The highest BCUT2D eigenvalue weighted by molar-refractivity contribution is 6.30. The van der Waals surface area contributed by atoms with Gasteiger partial charge in [-0.1, -0.05) is 23.7 Å². The van der Waals surface area contributed by atoms with Gasteiger partial charge in [0.1, 0.15) is 0 Å². The van der Waals surface area contributed by atoms with Gasteiger partial charge in [0, 0.05) is 31.6 Å². The Morgan fingerprint density at radius 2 is 1.95 bits per heavy atom. The summed E-state index contributed by atoms with van der Waals surface area (Å²) in [6.07, 6.45) is 1.44. The number of nitrogens with zero attached hydrogens (tertiary/aromatic N) is 1. The van der Waals surface area contributed by atoms with Gasteiger partial charge in [0.2, 0.25) is 5.91 Å². The van der Waals surface area contributed by atoms with E-state index in [1.54, 1.807) is 29.2 Å². The molecule has 0 saturated carbocycles. The summed E-state index contributed by atoms with van der Waals surface area (Å²) in [5, 5.41) is 3.37. The summed E-state index contributed by atoms with van der Waals surface area (Å²) in [6, 6.07) is 10.6. The van der Waals surface area contributed by atoms with Crippen LogP contribution in [0.25, 0.3) is 0 Å². The molecule has 1 aromatic heterocycles. The highest BCUT2D eigenvalue weighted by Crippen LogP contribution is 2.11. The van der Waals surface area contributed by atoms with E-state index < -0.39 is 0 Å². The lowest BCUT2D eigenvalue weighted by molar-refractivity contribution is -0.129. The Kier molecular flexibility index (Phi) is 5.61. The van der Waals surface area contributed by atoms with Gasteiger partial charge in [-0.05, 0) is 29.8 Å². The predicted octanol–water partition coefficient (Wildman–Crippen LogP) is 2.71. The zero-order valence-corrected chi connectivity index (χ0v) is 13.0. The molecule has 0 radical (unpaired) electrons. The lowest BCUT2D eigenvalue weighted by Gasteiger charge is -2.21. The molecule has 0 bridgehead atoms. The van der Waals surface area contributed by atoms with Crippen molar-refractivity contribution >= 4 is 23.4 Å². The standard InChI is InChI=1S/C16H17ClN2O3/c1-12(20)19(11-13-4-6-14(17)7-5-13)9-8-18-16(21)15-3-2-10-22-15/h2-7,10H,8-9,11H2,1H3,(H,18,21). The zero-order valence-electron chi connectivity index (χ0n) is 12.2. The predicted molar refractivity (Wildman–Crippen MR) is 83.6 cm³/mol. The quantitative estimate of drug-likeness (QED) is 0.890. The topological polar surface area (TPSA) is 62.6 Å². The van der Waals surface area contributed by atoms with Crippen molar-refractivity contribution in [1.82, 2.24) is 10.2 Å². The Bertz CT molecular complexity index is 623. The van der Waals surface area contributed by atoms with Gasteiger partial charge in [0.25, 0.3) is 5.91 Å². The molecule has 0 aliphatic rings. The van der Waals surface area contributed by atoms with Crippen LogP contribution in [0.4, 0.5) is 0 Å². The van der Waals surface area contributed by atoms with Crippen LogP contribution in [0.1, 0.15) is 23.0 Å². The van der Waals surface area contributed by atoms with Gasteiger partial charge in [0.15, 0.2) is 5.76 Å². The Balaban J connectivity index is 1.85. The molecule has 2 rings (SSSR count). The third kappa shape index (κ3) is 4.63. The number of nitrogens with one attached hydrogen (secondary N) is 1. The van der Waals surface area contributed by atoms with E-state index in [1.807, 2.05) is 12.1 Å². The van der Waals surface area contributed by atoms with Crippen LogP contribution >= 0.6 is 11.6 Å². The lowest BCUT2D eigenvalue weighted by Crippen LogP contribution is -2.37. The minimum atomic E-state index is -0.292. The van der Waals surface area contributed by atoms with Crippen LogP contribution in [0.5, 0.6) is 0 Å². The first-order valence-corrected chi connectivity index (χ1v) is 7.25. The second kappa shape index (κ2) is 7.66. The van der Waals surface area contributed by atoms with E-state index in [9.17, 15) is 9.59 Å². The van der Waals surface area contributed by atoms with Crippen LogP contribution in [0.15, 0.2) is 47.1 Å². The van der Waals surface area contributed by atoms with Crippen LogP contribution in [0.3, 0.4) is 0 Å². The number of hydrogen-bond donors (Lipinski definition) is 1. The molecule has 0 aliphatic heterocycles. The smallest absolute Gasteiger partial charge is 0.287 e. The molecular weight excluding hydrogens is 304 g/mol. The molecule has 5 nitrogen and oxygen atoms in total. The van der Waals surface area contributed by atoms with E-state index in [1.165, 1.54) is 13.2 Å². The fourth-order valence-corrected chi connectivity index (χ4v) is 2.08. The van der Waals surface area contributed by atoms with E-state index in [0.29, 0.717) is 24.7 Å². The van der Waals surface area contributed by atoms with Gasteiger partial charge in [-0.2, -0.15) is 0 Å². The molecule has 0 saturated heterocycles. The molecule has 1 N–H and O–H groups in total. The van der Waals surface area contributed by atoms with Crippen LogP contribution in [-0.2, 0) is 11.3 Å². The first kappa shape index (κ1) is 16.1. The molecule has 0 aliphatic carbocycles. The zero-order chi connectivity index (χ0) is 15.9. The summed E-state index contributed by atoms with van der Waals surface area (Å²) in [7, 11) is 0. The van der Waals surface area contributed by atoms with E-state index in [-0.39, 0.29) is 17.6 Å². The second-order valence-electron chi connectivity index (χ2n) is 4.80. The molecule has 0 spiro atoms. The maximum absolute atomic E-state index is 11.7. The van der Waals surface area contributed by atoms with E-state index >= 15 is 0 Å². The van der Waals surface area contributed by atoms with Crippen molar-refractivity contribution in [3.8, 4) is 0 Å². The summed E-state index contributed by atoms with van der Waals surface area (Å²) in [5.41, 5.74) is 0.983. The van der Waals surface area contributed by atoms with Crippen LogP contribution in [-0.4, -0.2) is 29.8 Å². The van der Waals surface area contributed by atoms with Crippen molar-refractivity contribution in [2.75, 3.05) is 13.1 Å². The molecular formula is C16H17ClN2O3.